The van der Waals surface area contributed by atoms with Crippen LogP contribution in [0.15, 0.2) is 24.3 Å². The van der Waals surface area contributed by atoms with E-state index in [1.165, 1.54) is 11.1 Å². The van der Waals surface area contributed by atoms with Crippen molar-refractivity contribution in [1.82, 2.24) is 10.6 Å². The van der Waals surface area contributed by atoms with E-state index < -0.39 is 17.2 Å². The van der Waals surface area contributed by atoms with Crippen LogP contribution in [0.1, 0.15) is 66.0 Å². The van der Waals surface area contributed by atoms with E-state index in [0.29, 0.717) is 6.54 Å². The van der Waals surface area contributed by atoms with Gasteiger partial charge < -0.3 is 15.4 Å². The van der Waals surface area contributed by atoms with Gasteiger partial charge in [0.25, 0.3) is 0 Å². The highest BCUT2D eigenvalue weighted by molar-refractivity contribution is 5.78. The predicted molar refractivity (Wildman–Crippen MR) is 105 cm³/mol. The Morgan fingerprint density at radius 3 is 2.19 bits per heavy atom. The van der Waals surface area contributed by atoms with Gasteiger partial charge in [-0.1, -0.05) is 43.7 Å². The molecule has 26 heavy (non-hydrogen) atoms. The minimum atomic E-state index is -0.695. The van der Waals surface area contributed by atoms with Crippen molar-refractivity contribution >= 4 is 12.0 Å². The Morgan fingerprint density at radius 2 is 1.65 bits per heavy atom. The summed E-state index contributed by atoms with van der Waals surface area (Å²) < 4.78 is 5.26. The summed E-state index contributed by atoms with van der Waals surface area (Å²) in [4.78, 5) is 24.3. The number of alkyl carbamates (subject to hydrolysis) is 1. The van der Waals surface area contributed by atoms with Crippen LogP contribution in [0.4, 0.5) is 4.79 Å². The van der Waals surface area contributed by atoms with Gasteiger partial charge in [-0.15, -0.1) is 0 Å². The number of benzene rings is 1. The van der Waals surface area contributed by atoms with E-state index in [1.54, 1.807) is 20.8 Å². The van der Waals surface area contributed by atoms with Crippen LogP contribution in [0.5, 0.6) is 0 Å². The molecule has 5 nitrogen and oxygen atoms in total. The van der Waals surface area contributed by atoms with Crippen molar-refractivity contribution in [3.8, 4) is 0 Å². The van der Waals surface area contributed by atoms with Crippen molar-refractivity contribution in [3.63, 3.8) is 0 Å². The molecule has 0 saturated heterocycles. The lowest BCUT2D eigenvalue weighted by Crippen LogP contribution is -2.49. The average molecular weight is 363 g/mol. The number of hydrogen-bond donors (Lipinski definition) is 2. The molecule has 1 rings (SSSR count). The molecule has 1 aromatic rings. The zero-order chi connectivity index (χ0) is 20.2. The fourth-order valence-corrected chi connectivity index (χ4v) is 2.58. The molecule has 0 fully saturated rings. The van der Waals surface area contributed by atoms with Gasteiger partial charge in [-0.05, 0) is 47.1 Å². The van der Waals surface area contributed by atoms with Crippen LogP contribution in [0, 0.1) is 6.92 Å². The number of carbonyl (C=O) groups excluding carboxylic acids is 2. The highest BCUT2D eigenvalue weighted by Gasteiger charge is 2.28. The summed E-state index contributed by atoms with van der Waals surface area (Å²) in [6.45, 7) is 15.8. The molecular formula is C21H34N2O3. The van der Waals surface area contributed by atoms with E-state index in [4.69, 9.17) is 4.74 Å². The molecular weight excluding hydrogens is 328 g/mol. The van der Waals surface area contributed by atoms with Crippen LogP contribution in [0.2, 0.25) is 0 Å². The molecule has 0 aliphatic heterocycles. The van der Waals surface area contributed by atoms with E-state index in [1.807, 2.05) is 19.9 Å². The number of amides is 2. The van der Waals surface area contributed by atoms with Crippen LogP contribution in [-0.4, -0.2) is 29.7 Å². The van der Waals surface area contributed by atoms with Crippen LogP contribution in [-0.2, 0) is 14.9 Å². The summed E-state index contributed by atoms with van der Waals surface area (Å²) in [6, 6.07) is 8.30. The normalized spacial score (nSPS) is 12.5. The van der Waals surface area contributed by atoms with E-state index >= 15 is 0 Å². The van der Waals surface area contributed by atoms with Crippen LogP contribution >= 0.6 is 0 Å². The van der Waals surface area contributed by atoms with E-state index in [2.05, 4.69) is 49.6 Å². The molecule has 0 aromatic heterocycles. The second-order valence-electron chi connectivity index (χ2n) is 9.22. The van der Waals surface area contributed by atoms with Crippen molar-refractivity contribution in [1.29, 1.82) is 0 Å². The standard InChI is InChI=1S/C21H34N2O3/c1-15-10-9-11-16(12-15)20(5,6)14-22-17(24)13-21(7,8)23-18(25)26-19(2,3)4/h9-12H,13-14H2,1-8H3,(H,22,24)(H,23,25). The van der Waals surface area contributed by atoms with E-state index in [-0.39, 0.29) is 17.7 Å². The molecule has 2 N–H and O–H groups in total. The van der Waals surface area contributed by atoms with Gasteiger partial charge in [0.1, 0.15) is 5.60 Å². The van der Waals surface area contributed by atoms with Crippen molar-refractivity contribution in [2.24, 2.45) is 0 Å². The lowest BCUT2D eigenvalue weighted by atomic mass is 9.84. The number of nitrogens with one attached hydrogen (secondary N) is 2. The Morgan fingerprint density at radius 1 is 1.04 bits per heavy atom. The van der Waals surface area contributed by atoms with Crippen LogP contribution in [0.3, 0.4) is 0 Å². The lowest BCUT2D eigenvalue weighted by Gasteiger charge is -2.30. The van der Waals surface area contributed by atoms with Crippen LogP contribution in [0.25, 0.3) is 0 Å². The van der Waals surface area contributed by atoms with Crippen molar-refractivity contribution in [2.45, 2.75) is 78.4 Å². The summed E-state index contributed by atoms with van der Waals surface area (Å²) in [5, 5.41) is 5.75. The quantitative estimate of drug-likeness (QED) is 0.801. The highest BCUT2D eigenvalue weighted by atomic mass is 16.6. The fraction of sp³-hybridized carbons (Fsp3) is 0.619. The lowest BCUT2D eigenvalue weighted by molar-refractivity contribution is -0.122. The summed E-state index contributed by atoms with van der Waals surface area (Å²) >= 11 is 0. The topological polar surface area (TPSA) is 67.4 Å². The van der Waals surface area contributed by atoms with Gasteiger partial charge >= 0.3 is 6.09 Å². The first-order chi connectivity index (χ1) is 11.7. The molecule has 0 aliphatic carbocycles. The summed E-state index contributed by atoms with van der Waals surface area (Å²) in [7, 11) is 0. The molecule has 1 aromatic carbocycles. The molecule has 0 bridgehead atoms. The van der Waals surface area contributed by atoms with Crippen molar-refractivity contribution < 1.29 is 14.3 Å². The van der Waals surface area contributed by atoms with Gasteiger partial charge in [0.2, 0.25) is 5.91 Å². The zero-order valence-corrected chi connectivity index (χ0v) is 17.4. The molecule has 0 aliphatic rings. The minimum Gasteiger partial charge on any atom is -0.444 e. The molecule has 5 heteroatoms. The molecule has 0 radical (unpaired) electrons. The first-order valence-electron chi connectivity index (χ1n) is 9.05. The Hall–Kier alpha value is -2.04. The Balaban J connectivity index is 2.58. The van der Waals surface area contributed by atoms with Crippen molar-refractivity contribution in [2.75, 3.05) is 6.54 Å². The van der Waals surface area contributed by atoms with Gasteiger partial charge in [0.15, 0.2) is 0 Å². The predicted octanol–water partition coefficient (Wildman–Crippen LogP) is 4.08. The summed E-state index contributed by atoms with van der Waals surface area (Å²) in [6.07, 6.45) is -0.341. The molecule has 0 heterocycles. The maximum absolute atomic E-state index is 12.4. The molecule has 2 amide bonds. The monoisotopic (exact) mass is 362 g/mol. The fourth-order valence-electron chi connectivity index (χ4n) is 2.58. The first-order valence-corrected chi connectivity index (χ1v) is 9.05. The average Bonchev–Trinajstić information content (AvgIpc) is 2.42. The largest absolute Gasteiger partial charge is 0.444 e. The molecule has 146 valence electrons. The summed E-state index contributed by atoms with van der Waals surface area (Å²) in [5.74, 6) is -0.105. The number of ether oxygens (including phenoxy) is 1. The smallest absolute Gasteiger partial charge is 0.408 e. The first kappa shape index (κ1) is 22.0. The van der Waals surface area contributed by atoms with Crippen molar-refractivity contribution in [3.05, 3.63) is 35.4 Å². The third-order valence-electron chi connectivity index (χ3n) is 3.97. The van der Waals surface area contributed by atoms with Gasteiger partial charge in [-0.3, -0.25) is 4.79 Å². The second-order valence-corrected chi connectivity index (χ2v) is 9.22. The Labute approximate surface area is 157 Å². The number of carbonyl (C=O) groups is 2. The maximum Gasteiger partial charge on any atom is 0.408 e. The maximum atomic E-state index is 12.4. The SMILES string of the molecule is Cc1cccc(C(C)(C)CNC(=O)CC(C)(C)NC(=O)OC(C)(C)C)c1. The Bertz CT molecular complexity index is 643. The van der Waals surface area contributed by atoms with Gasteiger partial charge in [-0.2, -0.15) is 0 Å². The Kier molecular flexibility index (Phi) is 6.86. The number of hydrogen-bond acceptors (Lipinski definition) is 3. The third kappa shape index (κ3) is 7.89. The molecule has 0 unspecified atom stereocenters. The molecule has 0 spiro atoms. The minimum absolute atomic E-state index is 0.105. The molecule has 0 atom stereocenters. The van der Waals surface area contributed by atoms with Crippen LogP contribution < -0.4 is 10.6 Å². The van der Waals surface area contributed by atoms with E-state index in [0.717, 1.165) is 0 Å². The van der Waals surface area contributed by atoms with E-state index in [9.17, 15) is 9.59 Å². The van der Waals surface area contributed by atoms with Gasteiger partial charge in [0, 0.05) is 23.9 Å². The third-order valence-corrected chi connectivity index (χ3v) is 3.97. The number of rotatable bonds is 6. The highest BCUT2D eigenvalue weighted by Crippen LogP contribution is 2.23. The molecule has 0 saturated carbocycles. The second kappa shape index (κ2) is 8.11. The van der Waals surface area contributed by atoms with Gasteiger partial charge in [-0.25, -0.2) is 4.79 Å². The summed E-state index contributed by atoms with van der Waals surface area (Å²) in [5.41, 5.74) is 0.943. The zero-order valence-electron chi connectivity index (χ0n) is 17.4. The number of aryl methyl sites for hydroxylation is 1. The van der Waals surface area contributed by atoms with Gasteiger partial charge in [0.05, 0.1) is 0 Å².